The topological polar surface area (TPSA) is 20.2 Å². The van der Waals surface area contributed by atoms with Crippen molar-refractivity contribution in [2.75, 3.05) is 0 Å². The van der Waals surface area contributed by atoms with Gasteiger partial charge in [-0.25, -0.2) is 0 Å². The van der Waals surface area contributed by atoms with Gasteiger partial charge in [-0.15, -0.1) is 0 Å². The third kappa shape index (κ3) is 4.38. The predicted molar refractivity (Wildman–Crippen MR) is 114 cm³/mol. The molecule has 1 heteroatoms. The van der Waals surface area contributed by atoms with Crippen molar-refractivity contribution in [1.29, 1.82) is 0 Å². The van der Waals surface area contributed by atoms with Crippen molar-refractivity contribution in [2.45, 2.75) is 71.1 Å². The van der Waals surface area contributed by atoms with E-state index >= 15 is 0 Å². The van der Waals surface area contributed by atoms with E-state index in [9.17, 15) is 5.11 Å². The average molecular weight is 351 g/mol. The highest BCUT2D eigenvalue weighted by Crippen LogP contribution is 2.41. The van der Waals surface area contributed by atoms with Crippen LogP contribution in [0, 0.1) is 0 Å². The lowest BCUT2D eigenvalue weighted by Gasteiger charge is -2.34. The summed E-state index contributed by atoms with van der Waals surface area (Å²) >= 11 is 0. The first-order chi connectivity index (χ1) is 12.4. The molecule has 0 heterocycles. The molecule has 1 aromatic carbocycles. The molecule has 0 bridgehead atoms. The van der Waals surface area contributed by atoms with Crippen LogP contribution in [0.5, 0.6) is 0 Å². The summed E-state index contributed by atoms with van der Waals surface area (Å²) in [5, 5.41) is 9.58. The molecular weight excluding hydrogens is 316 g/mol. The van der Waals surface area contributed by atoms with Crippen molar-refractivity contribution in [3.8, 4) is 0 Å². The molecule has 1 atom stereocenters. The molecule has 0 aromatic heterocycles. The lowest BCUT2D eigenvalue weighted by molar-refractivity contribution is 0.414. The fraction of sp³-hybridized carbons (Fsp3) is 0.440. The molecule has 1 N–H and O–H groups in total. The van der Waals surface area contributed by atoms with Gasteiger partial charge in [0.25, 0.3) is 0 Å². The predicted octanol–water partition coefficient (Wildman–Crippen LogP) is 7.53. The maximum atomic E-state index is 9.58. The molecule has 1 nitrogen and oxygen atoms in total. The highest BCUT2D eigenvalue weighted by molar-refractivity contribution is 5.50. The van der Waals surface area contributed by atoms with Gasteiger partial charge in [-0.3, -0.25) is 0 Å². The summed E-state index contributed by atoms with van der Waals surface area (Å²) in [7, 11) is 0. The second kappa shape index (κ2) is 9.07. The third-order valence-electron chi connectivity index (χ3n) is 6.09. The van der Waals surface area contributed by atoms with Gasteiger partial charge in [-0.1, -0.05) is 73.9 Å². The molecule has 0 saturated heterocycles. The SMILES string of the molecule is C=C/C(=C\C=C(/C)O)C(C)(/C(C)=C/C)c1ccc(C2CCCCC2)cc1. The van der Waals surface area contributed by atoms with E-state index < -0.39 is 0 Å². The Bertz CT molecular complexity index is 692. The van der Waals surface area contributed by atoms with Gasteiger partial charge in [0, 0.05) is 5.41 Å². The van der Waals surface area contributed by atoms with Crippen molar-refractivity contribution in [3.63, 3.8) is 0 Å². The fourth-order valence-electron chi connectivity index (χ4n) is 4.08. The Kier molecular flexibility index (Phi) is 7.08. The fourth-order valence-corrected chi connectivity index (χ4v) is 4.08. The average Bonchev–Trinajstić information content (AvgIpc) is 2.68. The van der Waals surface area contributed by atoms with Crippen molar-refractivity contribution >= 4 is 0 Å². The van der Waals surface area contributed by atoms with Crippen LogP contribution in [-0.2, 0) is 5.41 Å². The zero-order valence-electron chi connectivity index (χ0n) is 16.9. The Hall–Kier alpha value is -2.02. The molecule has 2 rings (SSSR count). The molecule has 0 aliphatic heterocycles. The summed E-state index contributed by atoms with van der Waals surface area (Å²) in [4.78, 5) is 0. The number of hydrogen-bond donors (Lipinski definition) is 1. The summed E-state index contributed by atoms with van der Waals surface area (Å²) in [5.74, 6) is 1.03. The maximum absolute atomic E-state index is 9.58. The Morgan fingerprint density at radius 3 is 2.19 bits per heavy atom. The highest BCUT2D eigenvalue weighted by atomic mass is 16.3. The maximum Gasteiger partial charge on any atom is 0.0891 e. The van der Waals surface area contributed by atoms with E-state index in [1.165, 1.54) is 48.8 Å². The van der Waals surface area contributed by atoms with Crippen LogP contribution in [0.25, 0.3) is 0 Å². The first kappa shape index (κ1) is 20.3. The lowest BCUT2D eigenvalue weighted by Crippen LogP contribution is -2.25. The standard InChI is InChI=1S/C25H34O/c1-6-19(3)25(5,23(7-2)16-13-20(4)26)24-17-14-22(15-18-24)21-11-9-8-10-12-21/h6-7,13-18,21,26H,2,8-12H2,1,3-5H3/b19-6+,20-13+,23-16+. The largest absolute Gasteiger partial charge is 0.513 e. The first-order valence-electron chi connectivity index (χ1n) is 9.87. The van der Waals surface area contributed by atoms with Crippen molar-refractivity contribution in [2.24, 2.45) is 0 Å². The van der Waals surface area contributed by atoms with Crippen LogP contribution in [-0.4, -0.2) is 5.11 Å². The van der Waals surface area contributed by atoms with Crippen molar-refractivity contribution in [3.05, 3.63) is 83.2 Å². The molecular formula is C25H34O. The number of allylic oxidation sites excluding steroid dienone is 7. The van der Waals surface area contributed by atoms with Gasteiger partial charge in [-0.05, 0) is 69.2 Å². The monoisotopic (exact) mass is 350 g/mol. The molecule has 1 aromatic rings. The van der Waals surface area contributed by atoms with Gasteiger partial charge in [0.15, 0.2) is 0 Å². The Labute approximate surface area is 159 Å². The first-order valence-corrected chi connectivity index (χ1v) is 9.87. The molecule has 1 aliphatic carbocycles. The second-order valence-corrected chi connectivity index (χ2v) is 7.69. The van der Waals surface area contributed by atoms with E-state index in [-0.39, 0.29) is 5.41 Å². The number of aliphatic hydroxyl groups excluding tert-OH is 1. The quantitative estimate of drug-likeness (QED) is 0.319. The van der Waals surface area contributed by atoms with Gasteiger partial charge in [0.2, 0.25) is 0 Å². The smallest absolute Gasteiger partial charge is 0.0891 e. The minimum absolute atomic E-state index is 0.256. The second-order valence-electron chi connectivity index (χ2n) is 7.69. The van der Waals surface area contributed by atoms with E-state index in [0.717, 1.165) is 11.5 Å². The minimum atomic E-state index is -0.256. The van der Waals surface area contributed by atoms with E-state index in [0.29, 0.717) is 5.76 Å². The zero-order chi connectivity index (χ0) is 19.2. The highest BCUT2D eigenvalue weighted by Gasteiger charge is 2.31. The normalized spacial score (nSPS) is 19.9. The molecule has 26 heavy (non-hydrogen) atoms. The van der Waals surface area contributed by atoms with Crippen LogP contribution >= 0.6 is 0 Å². The summed E-state index contributed by atoms with van der Waals surface area (Å²) in [5.41, 5.74) is 4.85. The van der Waals surface area contributed by atoms with Crippen molar-refractivity contribution in [1.82, 2.24) is 0 Å². The Morgan fingerprint density at radius 1 is 1.08 bits per heavy atom. The van der Waals surface area contributed by atoms with Gasteiger partial charge in [-0.2, -0.15) is 0 Å². The summed E-state index contributed by atoms with van der Waals surface area (Å²) in [6, 6.07) is 9.20. The van der Waals surface area contributed by atoms with E-state index in [4.69, 9.17) is 0 Å². The number of aliphatic hydroxyl groups is 1. The third-order valence-corrected chi connectivity index (χ3v) is 6.09. The number of rotatable bonds is 6. The van der Waals surface area contributed by atoms with Gasteiger partial charge in [0.05, 0.1) is 5.76 Å². The summed E-state index contributed by atoms with van der Waals surface area (Å²) < 4.78 is 0. The molecule has 1 unspecified atom stereocenters. The van der Waals surface area contributed by atoms with Gasteiger partial charge >= 0.3 is 0 Å². The van der Waals surface area contributed by atoms with Gasteiger partial charge in [0.1, 0.15) is 0 Å². The Morgan fingerprint density at radius 2 is 1.69 bits per heavy atom. The van der Waals surface area contributed by atoms with Crippen LogP contribution in [0.2, 0.25) is 0 Å². The van der Waals surface area contributed by atoms with Crippen molar-refractivity contribution < 1.29 is 5.11 Å². The molecule has 1 saturated carbocycles. The molecule has 0 amide bonds. The molecule has 1 aliphatic rings. The van der Waals surface area contributed by atoms with Crippen LogP contribution in [0.15, 0.2) is 72.1 Å². The van der Waals surface area contributed by atoms with Crippen LogP contribution in [0.4, 0.5) is 0 Å². The molecule has 0 spiro atoms. The van der Waals surface area contributed by atoms with E-state index in [1.807, 2.05) is 12.2 Å². The van der Waals surface area contributed by atoms with Crippen LogP contribution in [0.1, 0.15) is 76.8 Å². The molecule has 1 fully saturated rings. The van der Waals surface area contributed by atoms with E-state index in [1.54, 1.807) is 13.0 Å². The Balaban J connectivity index is 2.44. The number of benzene rings is 1. The van der Waals surface area contributed by atoms with Gasteiger partial charge < -0.3 is 5.11 Å². The summed E-state index contributed by atoms with van der Waals surface area (Å²) in [6.45, 7) is 12.2. The van der Waals surface area contributed by atoms with E-state index in [2.05, 4.69) is 57.7 Å². The molecule has 140 valence electrons. The van der Waals surface area contributed by atoms with Crippen LogP contribution < -0.4 is 0 Å². The molecule has 0 radical (unpaired) electrons. The zero-order valence-corrected chi connectivity index (χ0v) is 16.9. The lowest BCUT2D eigenvalue weighted by atomic mass is 9.70. The minimum Gasteiger partial charge on any atom is -0.513 e. The summed E-state index contributed by atoms with van der Waals surface area (Å²) in [6.07, 6.45) is 14.5. The van der Waals surface area contributed by atoms with Crippen LogP contribution in [0.3, 0.4) is 0 Å². The number of hydrogen-bond acceptors (Lipinski definition) is 1.